The molecule has 0 radical (unpaired) electrons. The third kappa shape index (κ3) is 4.86. The van der Waals surface area contributed by atoms with Gasteiger partial charge in [-0.2, -0.15) is 0 Å². The molecule has 0 aliphatic heterocycles. The van der Waals surface area contributed by atoms with Crippen LogP contribution in [-0.4, -0.2) is 25.8 Å². The fourth-order valence-corrected chi connectivity index (χ4v) is 2.40. The lowest BCUT2D eigenvalue weighted by Gasteiger charge is -2.21. The Hall–Kier alpha value is -2.75. The van der Waals surface area contributed by atoms with Crippen molar-refractivity contribution in [3.05, 3.63) is 71.5 Å². The largest absolute Gasteiger partial charge is 0.504 e. The van der Waals surface area contributed by atoms with Crippen molar-refractivity contribution in [1.82, 2.24) is 0 Å². The van der Waals surface area contributed by atoms with E-state index in [2.05, 4.69) is 0 Å². The van der Waals surface area contributed by atoms with Gasteiger partial charge in [-0.15, -0.1) is 0 Å². The molecular weight excluding hydrogens is 316 g/mol. The number of rotatable bonds is 5. The van der Waals surface area contributed by atoms with Crippen molar-refractivity contribution >= 4 is 11.5 Å². The van der Waals surface area contributed by atoms with Gasteiger partial charge in [0.25, 0.3) is 0 Å². The van der Waals surface area contributed by atoms with E-state index in [4.69, 9.17) is 14.2 Å². The van der Waals surface area contributed by atoms with Gasteiger partial charge in [-0.05, 0) is 50.1 Å². The topological polar surface area (TPSA) is 44.8 Å². The molecule has 0 fully saturated rings. The summed E-state index contributed by atoms with van der Waals surface area (Å²) < 4.78 is 16.0. The van der Waals surface area contributed by atoms with Crippen molar-refractivity contribution in [1.29, 1.82) is 0 Å². The molecule has 0 saturated carbocycles. The summed E-state index contributed by atoms with van der Waals surface area (Å²) in [6, 6.07) is 14.9. The van der Waals surface area contributed by atoms with Crippen LogP contribution in [0, 0.1) is 0 Å². The molecule has 132 valence electrons. The summed E-state index contributed by atoms with van der Waals surface area (Å²) in [6.07, 6.45) is 1.63. The third-order valence-electron chi connectivity index (χ3n) is 3.47. The van der Waals surface area contributed by atoms with Crippen LogP contribution < -0.4 is 4.74 Å². The van der Waals surface area contributed by atoms with Crippen molar-refractivity contribution in [3.63, 3.8) is 0 Å². The average Bonchev–Trinajstić information content (AvgIpc) is 2.58. The van der Waals surface area contributed by atoms with Crippen LogP contribution in [0.5, 0.6) is 5.75 Å². The van der Waals surface area contributed by atoms with Crippen LogP contribution in [0.3, 0.4) is 0 Å². The van der Waals surface area contributed by atoms with Gasteiger partial charge in [0.15, 0.2) is 0 Å². The Morgan fingerprint density at radius 3 is 2.04 bits per heavy atom. The quantitative estimate of drug-likeness (QED) is 0.585. The molecule has 0 N–H and O–H groups in total. The van der Waals surface area contributed by atoms with Crippen molar-refractivity contribution < 1.29 is 19.0 Å². The standard InChI is InChI=1S/C21H24O4/c1-21(2,3)25-20(22)18-9-7-6-8-17(18)19(14-23-4)15-10-12-16(24-5)13-11-15/h6-14H,1-5H3/b19-14+. The van der Waals surface area contributed by atoms with E-state index >= 15 is 0 Å². The molecule has 0 saturated heterocycles. The molecule has 2 aromatic rings. The fourth-order valence-electron chi connectivity index (χ4n) is 2.40. The van der Waals surface area contributed by atoms with E-state index < -0.39 is 5.60 Å². The molecule has 0 atom stereocenters. The highest BCUT2D eigenvalue weighted by molar-refractivity contribution is 5.98. The van der Waals surface area contributed by atoms with Gasteiger partial charge >= 0.3 is 5.97 Å². The number of hydrogen-bond donors (Lipinski definition) is 0. The first kappa shape index (κ1) is 18.6. The second kappa shape index (κ2) is 7.88. The van der Waals surface area contributed by atoms with E-state index in [-0.39, 0.29) is 5.97 Å². The molecule has 0 spiro atoms. The summed E-state index contributed by atoms with van der Waals surface area (Å²) >= 11 is 0. The Balaban J connectivity index is 2.49. The molecule has 0 aromatic heterocycles. The molecule has 25 heavy (non-hydrogen) atoms. The van der Waals surface area contributed by atoms with E-state index in [1.165, 1.54) is 0 Å². The van der Waals surface area contributed by atoms with Gasteiger partial charge in [0.05, 0.1) is 26.0 Å². The predicted octanol–water partition coefficient (Wildman–Crippen LogP) is 4.69. The van der Waals surface area contributed by atoms with Crippen LogP contribution in [0.1, 0.15) is 42.3 Å². The minimum atomic E-state index is -0.560. The Bertz CT molecular complexity index is 752. The zero-order chi connectivity index (χ0) is 18.4. The molecule has 0 aliphatic carbocycles. The van der Waals surface area contributed by atoms with Gasteiger partial charge in [0.1, 0.15) is 11.4 Å². The lowest BCUT2D eigenvalue weighted by atomic mass is 9.94. The first-order chi connectivity index (χ1) is 11.9. The maximum Gasteiger partial charge on any atom is 0.339 e. The average molecular weight is 340 g/mol. The van der Waals surface area contributed by atoms with E-state index in [1.807, 2.05) is 63.2 Å². The highest BCUT2D eigenvalue weighted by atomic mass is 16.6. The first-order valence-electron chi connectivity index (χ1n) is 8.06. The number of carbonyl (C=O) groups is 1. The van der Waals surface area contributed by atoms with E-state index in [9.17, 15) is 4.79 Å². The number of hydrogen-bond acceptors (Lipinski definition) is 4. The van der Waals surface area contributed by atoms with Gasteiger partial charge in [-0.25, -0.2) is 4.79 Å². The summed E-state index contributed by atoms with van der Waals surface area (Å²) in [5.74, 6) is 0.402. The summed E-state index contributed by atoms with van der Waals surface area (Å²) in [6.45, 7) is 5.55. The van der Waals surface area contributed by atoms with Crippen molar-refractivity contribution in [2.75, 3.05) is 14.2 Å². The maximum absolute atomic E-state index is 12.6. The van der Waals surface area contributed by atoms with Gasteiger partial charge in [0, 0.05) is 5.57 Å². The number of methoxy groups -OCH3 is 2. The molecule has 0 unspecified atom stereocenters. The summed E-state index contributed by atoms with van der Waals surface area (Å²) in [5, 5.41) is 0. The molecule has 4 nitrogen and oxygen atoms in total. The SMILES string of the molecule is CO/C=C(\c1ccc(OC)cc1)c1ccccc1C(=O)OC(C)(C)C. The molecule has 0 bridgehead atoms. The number of carbonyl (C=O) groups excluding carboxylic acids is 1. The molecule has 0 amide bonds. The Morgan fingerprint density at radius 2 is 1.52 bits per heavy atom. The zero-order valence-electron chi connectivity index (χ0n) is 15.3. The summed E-state index contributed by atoms with van der Waals surface area (Å²) in [5.41, 5.74) is 2.40. The van der Waals surface area contributed by atoms with Crippen LogP contribution in [-0.2, 0) is 9.47 Å². The van der Waals surface area contributed by atoms with Crippen LogP contribution >= 0.6 is 0 Å². The molecule has 0 heterocycles. The van der Waals surface area contributed by atoms with Gasteiger partial charge in [-0.3, -0.25) is 0 Å². The van der Waals surface area contributed by atoms with Crippen LogP contribution in [0.4, 0.5) is 0 Å². The molecule has 2 aromatic carbocycles. The van der Waals surface area contributed by atoms with Crippen molar-refractivity contribution in [2.24, 2.45) is 0 Å². The lowest BCUT2D eigenvalue weighted by Crippen LogP contribution is -2.24. The van der Waals surface area contributed by atoms with E-state index in [0.717, 1.165) is 22.4 Å². The first-order valence-corrected chi connectivity index (χ1v) is 8.06. The summed E-state index contributed by atoms with van der Waals surface area (Å²) in [7, 11) is 3.21. The number of ether oxygens (including phenoxy) is 3. The van der Waals surface area contributed by atoms with Gasteiger partial charge in [0.2, 0.25) is 0 Å². The minimum Gasteiger partial charge on any atom is -0.504 e. The maximum atomic E-state index is 12.6. The van der Waals surface area contributed by atoms with E-state index in [1.54, 1.807) is 26.5 Å². The minimum absolute atomic E-state index is 0.362. The molecular formula is C21H24O4. The zero-order valence-corrected chi connectivity index (χ0v) is 15.3. The van der Waals surface area contributed by atoms with Gasteiger partial charge < -0.3 is 14.2 Å². The predicted molar refractivity (Wildman–Crippen MR) is 98.7 cm³/mol. The number of esters is 1. The van der Waals surface area contributed by atoms with Gasteiger partial charge in [-0.1, -0.05) is 30.3 Å². The van der Waals surface area contributed by atoms with Crippen molar-refractivity contribution in [3.8, 4) is 5.75 Å². The second-order valence-corrected chi connectivity index (χ2v) is 6.54. The highest BCUT2D eigenvalue weighted by Gasteiger charge is 2.22. The van der Waals surface area contributed by atoms with E-state index in [0.29, 0.717) is 5.56 Å². The van der Waals surface area contributed by atoms with Crippen molar-refractivity contribution in [2.45, 2.75) is 26.4 Å². The molecule has 2 rings (SSSR count). The second-order valence-electron chi connectivity index (χ2n) is 6.54. The third-order valence-corrected chi connectivity index (χ3v) is 3.47. The number of benzene rings is 2. The fraction of sp³-hybridized carbons (Fsp3) is 0.286. The lowest BCUT2D eigenvalue weighted by molar-refractivity contribution is 0.00692. The Morgan fingerprint density at radius 1 is 0.920 bits per heavy atom. The Kier molecular flexibility index (Phi) is 5.86. The normalized spacial score (nSPS) is 11.8. The highest BCUT2D eigenvalue weighted by Crippen LogP contribution is 2.29. The Labute approximate surface area is 149 Å². The van der Waals surface area contributed by atoms with Crippen LogP contribution in [0.15, 0.2) is 54.8 Å². The van der Waals surface area contributed by atoms with Crippen LogP contribution in [0.25, 0.3) is 5.57 Å². The molecule has 0 aliphatic rings. The summed E-state index contributed by atoms with van der Waals surface area (Å²) in [4.78, 5) is 12.6. The monoisotopic (exact) mass is 340 g/mol. The molecule has 4 heteroatoms. The smallest absolute Gasteiger partial charge is 0.339 e. The van der Waals surface area contributed by atoms with Crippen LogP contribution in [0.2, 0.25) is 0 Å².